The van der Waals surface area contributed by atoms with Gasteiger partial charge in [0.05, 0.1) is 6.54 Å². The van der Waals surface area contributed by atoms with E-state index >= 15 is 0 Å². The van der Waals surface area contributed by atoms with Gasteiger partial charge in [-0.1, -0.05) is 41.9 Å². The fraction of sp³-hybridized carbons (Fsp3) is 0.350. The van der Waals surface area contributed by atoms with Gasteiger partial charge in [-0.15, -0.1) is 0 Å². The summed E-state index contributed by atoms with van der Waals surface area (Å²) in [7, 11) is 0. The number of nitrogens with one attached hydrogen (secondary N) is 1. The molecule has 0 unspecified atom stereocenters. The molecule has 1 aliphatic rings. The fourth-order valence-electron chi connectivity index (χ4n) is 3.07. The molecular weight excluding hydrogens is 334 g/mol. The van der Waals surface area contributed by atoms with E-state index in [1.54, 1.807) is 0 Å². The summed E-state index contributed by atoms with van der Waals surface area (Å²) in [5.74, 6) is 0.161. The molecule has 0 aliphatic carbocycles. The predicted octanol–water partition coefficient (Wildman–Crippen LogP) is 3.34. The maximum atomic E-state index is 12.5. The summed E-state index contributed by atoms with van der Waals surface area (Å²) in [6.07, 6.45) is 0. The largest absolute Gasteiger partial charge is 0.368 e. The van der Waals surface area contributed by atoms with E-state index in [-0.39, 0.29) is 11.9 Å². The summed E-state index contributed by atoms with van der Waals surface area (Å²) in [4.78, 5) is 16.7. The fourth-order valence-corrected chi connectivity index (χ4v) is 3.20. The first-order valence-electron chi connectivity index (χ1n) is 8.70. The molecule has 0 bridgehead atoms. The molecule has 2 aromatic rings. The van der Waals surface area contributed by atoms with Gasteiger partial charge in [0.25, 0.3) is 0 Å². The third-order valence-electron chi connectivity index (χ3n) is 4.68. The second-order valence-corrected chi connectivity index (χ2v) is 6.79. The lowest BCUT2D eigenvalue weighted by Crippen LogP contribution is -2.51. The first-order chi connectivity index (χ1) is 12.1. The highest BCUT2D eigenvalue weighted by Crippen LogP contribution is 2.17. The molecule has 1 heterocycles. The van der Waals surface area contributed by atoms with E-state index in [0.29, 0.717) is 6.54 Å². The normalized spacial score (nSPS) is 15.9. The maximum Gasteiger partial charge on any atom is 0.236 e. The Kier molecular flexibility index (Phi) is 5.95. The van der Waals surface area contributed by atoms with Crippen LogP contribution >= 0.6 is 11.6 Å². The van der Waals surface area contributed by atoms with Gasteiger partial charge in [0, 0.05) is 42.9 Å². The number of halogens is 1. The summed E-state index contributed by atoms with van der Waals surface area (Å²) >= 11 is 5.92. The summed E-state index contributed by atoms with van der Waals surface area (Å²) < 4.78 is 0. The van der Waals surface area contributed by atoms with Crippen LogP contribution in [0.15, 0.2) is 54.6 Å². The van der Waals surface area contributed by atoms with Crippen molar-refractivity contribution in [3.63, 3.8) is 0 Å². The van der Waals surface area contributed by atoms with Gasteiger partial charge < -0.3 is 15.1 Å². The minimum absolute atomic E-state index is 0.117. The Labute approximate surface area is 154 Å². The van der Waals surface area contributed by atoms with E-state index in [9.17, 15) is 4.79 Å². The molecule has 5 heteroatoms. The van der Waals surface area contributed by atoms with Gasteiger partial charge in [0.1, 0.15) is 0 Å². The molecule has 0 radical (unpaired) electrons. The van der Waals surface area contributed by atoms with Gasteiger partial charge in [0.15, 0.2) is 0 Å². The molecule has 1 amide bonds. The number of hydrogen-bond donors (Lipinski definition) is 1. The highest BCUT2D eigenvalue weighted by atomic mass is 35.5. The molecule has 0 saturated carbocycles. The molecule has 132 valence electrons. The van der Waals surface area contributed by atoms with E-state index in [1.165, 1.54) is 5.69 Å². The number of hydrogen-bond acceptors (Lipinski definition) is 3. The van der Waals surface area contributed by atoms with Crippen molar-refractivity contribution in [3.05, 3.63) is 65.2 Å². The average molecular weight is 358 g/mol. The standard InChI is InChI=1S/C20H24ClN3O/c1-16(17-7-9-18(21)10-8-17)22-15-20(25)24-13-11-23(12-14-24)19-5-3-2-4-6-19/h2-10,16,22H,11-15H2,1H3/t16-/m0/s1. The molecule has 4 nitrogen and oxygen atoms in total. The smallest absolute Gasteiger partial charge is 0.236 e. The number of carbonyl (C=O) groups excluding carboxylic acids is 1. The first-order valence-corrected chi connectivity index (χ1v) is 9.08. The lowest BCUT2D eigenvalue weighted by Gasteiger charge is -2.36. The molecule has 1 N–H and O–H groups in total. The number of benzene rings is 2. The van der Waals surface area contributed by atoms with Gasteiger partial charge >= 0.3 is 0 Å². The molecule has 1 aliphatic heterocycles. The van der Waals surface area contributed by atoms with Gasteiger partial charge in [-0.25, -0.2) is 0 Å². The van der Waals surface area contributed by atoms with Crippen molar-refractivity contribution in [1.29, 1.82) is 0 Å². The number of anilines is 1. The Morgan fingerprint density at radius 1 is 1.04 bits per heavy atom. The molecule has 2 aromatic carbocycles. The zero-order valence-electron chi connectivity index (χ0n) is 14.5. The molecule has 1 fully saturated rings. The van der Waals surface area contributed by atoms with Crippen LogP contribution in [0.5, 0.6) is 0 Å². The Hall–Kier alpha value is -2.04. The van der Waals surface area contributed by atoms with Gasteiger partial charge in [-0.05, 0) is 36.8 Å². The van der Waals surface area contributed by atoms with Crippen LogP contribution in [-0.2, 0) is 4.79 Å². The van der Waals surface area contributed by atoms with Crippen LogP contribution < -0.4 is 10.2 Å². The second kappa shape index (κ2) is 8.37. The number of carbonyl (C=O) groups is 1. The zero-order chi connectivity index (χ0) is 17.6. The van der Waals surface area contributed by atoms with Gasteiger partial charge in [0.2, 0.25) is 5.91 Å². The molecule has 1 atom stereocenters. The second-order valence-electron chi connectivity index (χ2n) is 6.36. The van der Waals surface area contributed by atoms with Crippen molar-refractivity contribution in [2.45, 2.75) is 13.0 Å². The number of rotatable bonds is 5. The van der Waals surface area contributed by atoms with Crippen LogP contribution in [0.1, 0.15) is 18.5 Å². The van der Waals surface area contributed by atoms with Gasteiger partial charge in [-0.2, -0.15) is 0 Å². The lowest BCUT2D eigenvalue weighted by molar-refractivity contribution is -0.130. The number of amides is 1. The third kappa shape index (κ3) is 4.74. The van der Waals surface area contributed by atoms with Crippen molar-refractivity contribution in [3.8, 4) is 0 Å². The summed E-state index contributed by atoms with van der Waals surface area (Å²) in [6, 6.07) is 18.2. The van der Waals surface area contributed by atoms with Gasteiger partial charge in [-0.3, -0.25) is 4.79 Å². The maximum absolute atomic E-state index is 12.5. The molecule has 0 spiro atoms. The Morgan fingerprint density at radius 2 is 1.68 bits per heavy atom. The van der Waals surface area contributed by atoms with Crippen LogP contribution in [0.25, 0.3) is 0 Å². The predicted molar refractivity (Wildman–Crippen MR) is 103 cm³/mol. The highest BCUT2D eigenvalue weighted by molar-refractivity contribution is 6.30. The Bertz CT molecular complexity index is 682. The van der Waals surface area contributed by atoms with Crippen molar-refractivity contribution in [1.82, 2.24) is 10.2 Å². The van der Waals surface area contributed by atoms with E-state index in [2.05, 4.69) is 41.4 Å². The summed E-state index contributed by atoms with van der Waals surface area (Å²) in [5, 5.41) is 4.04. The van der Waals surface area contributed by atoms with E-state index in [1.807, 2.05) is 35.2 Å². The summed E-state index contributed by atoms with van der Waals surface area (Å²) in [6.45, 7) is 5.71. The van der Waals surface area contributed by atoms with E-state index in [0.717, 1.165) is 36.8 Å². The van der Waals surface area contributed by atoms with Crippen LogP contribution in [0.2, 0.25) is 5.02 Å². The summed E-state index contributed by atoms with van der Waals surface area (Å²) in [5.41, 5.74) is 2.36. The quantitative estimate of drug-likeness (QED) is 0.891. The number of para-hydroxylation sites is 1. The Balaban J connectivity index is 1.45. The number of nitrogens with zero attached hydrogens (tertiary/aromatic N) is 2. The van der Waals surface area contributed by atoms with Crippen LogP contribution in [-0.4, -0.2) is 43.5 Å². The average Bonchev–Trinajstić information content (AvgIpc) is 2.67. The minimum Gasteiger partial charge on any atom is -0.368 e. The monoisotopic (exact) mass is 357 g/mol. The van der Waals surface area contributed by atoms with Crippen LogP contribution in [0, 0.1) is 0 Å². The van der Waals surface area contributed by atoms with E-state index < -0.39 is 0 Å². The molecule has 1 saturated heterocycles. The lowest BCUT2D eigenvalue weighted by atomic mass is 10.1. The van der Waals surface area contributed by atoms with E-state index in [4.69, 9.17) is 11.6 Å². The topological polar surface area (TPSA) is 35.6 Å². The van der Waals surface area contributed by atoms with Crippen LogP contribution in [0.3, 0.4) is 0 Å². The number of piperazine rings is 1. The molecular formula is C20H24ClN3O. The first kappa shape index (κ1) is 17.8. The SMILES string of the molecule is C[C@H](NCC(=O)N1CCN(c2ccccc2)CC1)c1ccc(Cl)cc1. The molecule has 0 aromatic heterocycles. The Morgan fingerprint density at radius 3 is 2.32 bits per heavy atom. The van der Waals surface area contributed by atoms with Crippen molar-refractivity contribution < 1.29 is 4.79 Å². The third-order valence-corrected chi connectivity index (χ3v) is 4.94. The minimum atomic E-state index is 0.117. The van der Waals surface area contributed by atoms with Crippen molar-refractivity contribution >= 4 is 23.2 Å². The molecule has 3 rings (SSSR count). The van der Waals surface area contributed by atoms with Crippen molar-refractivity contribution in [2.75, 3.05) is 37.6 Å². The van der Waals surface area contributed by atoms with Crippen molar-refractivity contribution in [2.24, 2.45) is 0 Å². The molecule has 25 heavy (non-hydrogen) atoms. The van der Waals surface area contributed by atoms with Crippen LogP contribution in [0.4, 0.5) is 5.69 Å². The highest BCUT2D eigenvalue weighted by Gasteiger charge is 2.21. The zero-order valence-corrected chi connectivity index (χ0v) is 15.2.